The first-order chi connectivity index (χ1) is 13.3. The first-order valence-corrected chi connectivity index (χ1v) is 10.1. The molecule has 6 nitrogen and oxygen atoms in total. The summed E-state index contributed by atoms with van der Waals surface area (Å²) in [6, 6.07) is 5.68. The van der Waals surface area contributed by atoms with Gasteiger partial charge in [-0.3, -0.25) is 0 Å². The third-order valence-corrected chi connectivity index (χ3v) is 6.20. The van der Waals surface area contributed by atoms with E-state index in [1.165, 1.54) is 11.3 Å². The molecule has 0 spiro atoms. The number of fused-ring (bicyclic) bond motifs is 3. The Labute approximate surface area is 171 Å². The Morgan fingerprint density at radius 2 is 1.96 bits per heavy atom. The summed E-state index contributed by atoms with van der Waals surface area (Å²) in [5.74, 6) is 0.757. The molecule has 0 aliphatic carbocycles. The number of anilines is 1. The van der Waals surface area contributed by atoms with Crippen molar-refractivity contribution in [2.75, 3.05) is 5.32 Å². The van der Waals surface area contributed by atoms with Crippen LogP contribution >= 0.6 is 22.9 Å². The van der Waals surface area contributed by atoms with E-state index in [0.717, 1.165) is 43.1 Å². The van der Waals surface area contributed by atoms with Crippen molar-refractivity contribution in [2.24, 2.45) is 0 Å². The molecule has 0 bridgehead atoms. The number of hydrogen-bond donors (Lipinski definition) is 2. The largest absolute Gasteiger partial charge is 0.386 e. The van der Waals surface area contributed by atoms with Gasteiger partial charge in [0.05, 0.1) is 21.5 Å². The van der Waals surface area contributed by atoms with Gasteiger partial charge in [-0.05, 0) is 44.9 Å². The standard InChI is InChI=1S/C20H20ClN5OS/c1-10-11(2)25-26-19-15(10)16-17(28-19)18(24-9-23-16)22-8-12-5-6-13(14(21)7-12)20(3,4)27/h5-7,9,27H,8H2,1-4H3,(H,22,23,24). The van der Waals surface area contributed by atoms with Gasteiger partial charge in [0.1, 0.15) is 17.0 Å². The molecule has 0 radical (unpaired) electrons. The molecule has 28 heavy (non-hydrogen) atoms. The number of aliphatic hydroxyl groups is 1. The number of halogens is 1. The van der Waals surface area contributed by atoms with E-state index in [0.29, 0.717) is 17.1 Å². The van der Waals surface area contributed by atoms with Gasteiger partial charge in [-0.15, -0.1) is 16.4 Å². The van der Waals surface area contributed by atoms with Crippen LogP contribution in [0.2, 0.25) is 5.02 Å². The van der Waals surface area contributed by atoms with Gasteiger partial charge >= 0.3 is 0 Å². The van der Waals surface area contributed by atoms with Crippen molar-refractivity contribution >= 4 is 49.2 Å². The van der Waals surface area contributed by atoms with Gasteiger partial charge in [0, 0.05) is 22.5 Å². The number of nitrogens with one attached hydrogen (secondary N) is 1. The summed E-state index contributed by atoms with van der Waals surface area (Å²) in [5, 5.41) is 23.7. The van der Waals surface area contributed by atoms with Gasteiger partial charge in [0.15, 0.2) is 0 Å². The van der Waals surface area contributed by atoms with E-state index in [1.54, 1.807) is 20.2 Å². The van der Waals surface area contributed by atoms with Gasteiger partial charge < -0.3 is 10.4 Å². The van der Waals surface area contributed by atoms with Gasteiger partial charge in [0.25, 0.3) is 0 Å². The molecule has 1 aromatic carbocycles. The number of aromatic nitrogens is 4. The maximum absolute atomic E-state index is 10.2. The molecule has 3 heterocycles. The normalized spacial score (nSPS) is 12.1. The first-order valence-electron chi connectivity index (χ1n) is 8.88. The Kier molecular flexibility index (Phi) is 4.69. The number of rotatable bonds is 4. The Bertz CT molecular complexity index is 1200. The lowest BCUT2D eigenvalue weighted by molar-refractivity contribution is 0.0787. The van der Waals surface area contributed by atoms with Gasteiger partial charge in [0.2, 0.25) is 0 Å². The second kappa shape index (κ2) is 6.92. The van der Waals surface area contributed by atoms with E-state index < -0.39 is 5.60 Å². The first kappa shape index (κ1) is 19.0. The molecule has 0 fully saturated rings. The predicted octanol–water partition coefficient (Wildman–Crippen LogP) is 4.74. The number of thiophene rings is 1. The minimum absolute atomic E-state index is 0.544. The van der Waals surface area contributed by atoms with E-state index in [1.807, 2.05) is 32.0 Å². The monoisotopic (exact) mass is 413 g/mol. The molecular weight excluding hydrogens is 394 g/mol. The highest BCUT2D eigenvalue weighted by Gasteiger charge is 2.20. The van der Waals surface area contributed by atoms with Crippen LogP contribution in [0.1, 0.15) is 36.2 Å². The van der Waals surface area contributed by atoms with Crippen molar-refractivity contribution in [3.63, 3.8) is 0 Å². The van der Waals surface area contributed by atoms with Crippen LogP contribution in [-0.2, 0) is 12.1 Å². The summed E-state index contributed by atoms with van der Waals surface area (Å²) in [6.45, 7) is 7.98. The molecule has 0 atom stereocenters. The Hall–Kier alpha value is -2.35. The lowest BCUT2D eigenvalue weighted by atomic mass is 9.97. The molecular formula is C20H20ClN5OS. The summed E-state index contributed by atoms with van der Waals surface area (Å²) < 4.78 is 0.958. The second-order valence-corrected chi connectivity index (χ2v) is 8.73. The molecule has 3 aromatic heterocycles. The maximum Gasteiger partial charge on any atom is 0.149 e. The molecule has 0 aliphatic heterocycles. The third kappa shape index (κ3) is 3.30. The lowest BCUT2D eigenvalue weighted by Crippen LogP contribution is -2.16. The summed E-state index contributed by atoms with van der Waals surface area (Å²) in [5.41, 5.74) is 3.62. The van der Waals surface area contributed by atoms with Crippen molar-refractivity contribution in [2.45, 2.75) is 39.8 Å². The van der Waals surface area contributed by atoms with Crippen LogP contribution in [0.5, 0.6) is 0 Å². The SMILES string of the molecule is Cc1nnc2sc3c(NCc4ccc(C(C)(C)O)c(Cl)c4)ncnc3c2c1C. The fraction of sp³-hybridized carbons (Fsp3) is 0.300. The molecule has 2 N–H and O–H groups in total. The number of hydrogen-bond acceptors (Lipinski definition) is 7. The highest BCUT2D eigenvalue weighted by atomic mass is 35.5. The van der Waals surface area contributed by atoms with Gasteiger partial charge in [-0.25, -0.2) is 9.97 Å². The number of aryl methyl sites for hydroxylation is 2. The minimum Gasteiger partial charge on any atom is -0.386 e. The summed E-state index contributed by atoms with van der Waals surface area (Å²) in [4.78, 5) is 9.76. The van der Waals surface area contributed by atoms with Crippen LogP contribution in [0, 0.1) is 13.8 Å². The molecule has 0 aliphatic rings. The van der Waals surface area contributed by atoms with E-state index >= 15 is 0 Å². The minimum atomic E-state index is -0.976. The van der Waals surface area contributed by atoms with Crippen molar-refractivity contribution in [1.29, 1.82) is 0 Å². The summed E-state index contributed by atoms with van der Waals surface area (Å²) in [7, 11) is 0. The fourth-order valence-corrected chi connectivity index (χ4v) is 4.69. The van der Waals surface area contributed by atoms with Crippen molar-refractivity contribution in [1.82, 2.24) is 20.2 Å². The average molecular weight is 414 g/mol. The molecule has 4 aromatic rings. The molecule has 8 heteroatoms. The molecule has 0 amide bonds. The quantitative estimate of drug-likeness (QED) is 0.502. The molecule has 144 valence electrons. The third-order valence-electron chi connectivity index (χ3n) is 4.81. The predicted molar refractivity (Wildman–Crippen MR) is 114 cm³/mol. The fourth-order valence-electron chi connectivity index (χ4n) is 3.16. The van der Waals surface area contributed by atoms with Gasteiger partial charge in [-0.1, -0.05) is 23.7 Å². The van der Waals surface area contributed by atoms with Crippen molar-refractivity contribution in [3.8, 4) is 0 Å². The maximum atomic E-state index is 10.2. The number of benzene rings is 1. The zero-order valence-corrected chi connectivity index (χ0v) is 17.6. The lowest BCUT2D eigenvalue weighted by Gasteiger charge is -2.20. The van der Waals surface area contributed by atoms with E-state index in [2.05, 4.69) is 25.5 Å². The van der Waals surface area contributed by atoms with Crippen molar-refractivity contribution < 1.29 is 5.11 Å². The van der Waals surface area contributed by atoms with Crippen LogP contribution in [0.15, 0.2) is 24.5 Å². The highest BCUT2D eigenvalue weighted by molar-refractivity contribution is 7.25. The van der Waals surface area contributed by atoms with Crippen LogP contribution in [0.25, 0.3) is 20.4 Å². The average Bonchev–Trinajstić information content (AvgIpc) is 3.02. The summed E-state index contributed by atoms with van der Waals surface area (Å²) in [6.07, 6.45) is 1.57. The van der Waals surface area contributed by atoms with E-state index in [9.17, 15) is 5.11 Å². The highest BCUT2D eigenvalue weighted by Crippen LogP contribution is 2.36. The molecule has 0 saturated carbocycles. The topological polar surface area (TPSA) is 83.8 Å². The van der Waals surface area contributed by atoms with E-state index in [-0.39, 0.29) is 0 Å². The zero-order chi connectivity index (χ0) is 20.1. The van der Waals surface area contributed by atoms with E-state index in [4.69, 9.17) is 11.6 Å². The van der Waals surface area contributed by atoms with Gasteiger partial charge in [-0.2, -0.15) is 5.10 Å². The molecule has 0 saturated heterocycles. The summed E-state index contributed by atoms with van der Waals surface area (Å²) >= 11 is 7.88. The smallest absolute Gasteiger partial charge is 0.149 e. The molecule has 0 unspecified atom stereocenters. The van der Waals surface area contributed by atoms with Crippen molar-refractivity contribution in [3.05, 3.63) is 51.9 Å². The van der Waals surface area contributed by atoms with Crippen LogP contribution < -0.4 is 5.32 Å². The Morgan fingerprint density at radius 3 is 2.68 bits per heavy atom. The van der Waals surface area contributed by atoms with Crippen LogP contribution in [-0.4, -0.2) is 25.3 Å². The second-order valence-electron chi connectivity index (χ2n) is 7.32. The van der Waals surface area contributed by atoms with Crippen LogP contribution in [0.4, 0.5) is 5.82 Å². The Balaban J connectivity index is 1.68. The van der Waals surface area contributed by atoms with Crippen LogP contribution in [0.3, 0.4) is 0 Å². The Morgan fingerprint density at radius 1 is 1.18 bits per heavy atom. The number of nitrogens with zero attached hydrogens (tertiary/aromatic N) is 4. The molecule has 4 rings (SSSR count). The zero-order valence-electron chi connectivity index (χ0n) is 16.0.